The fraction of sp³-hybridized carbons (Fsp3) is 0.500. The molecule has 6 heterocycles. The number of nitrogens with zero attached hydrogens (tertiary/aromatic N) is 7. The molecule has 242 valence electrons. The minimum absolute atomic E-state index is 0.0274. The van der Waals surface area contributed by atoms with Gasteiger partial charge in [-0.15, -0.1) is 9.42 Å². The number of fused-ring (bicyclic) bond motifs is 2. The van der Waals surface area contributed by atoms with Crippen LogP contribution in [0.5, 0.6) is 0 Å². The van der Waals surface area contributed by atoms with Crippen LogP contribution in [0.25, 0.3) is 22.3 Å². The number of rotatable bonds is 10. The second-order valence-electron chi connectivity index (χ2n) is 9.83. The van der Waals surface area contributed by atoms with Gasteiger partial charge in [0.15, 0.2) is 34.5 Å². The van der Waals surface area contributed by atoms with Gasteiger partial charge in [-0.05, 0) is 0 Å². The van der Waals surface area contributed by atoms with E-state index in [1.165, 1.54) is 28.1 Å². The number of aromatic nitrogens is 8. The Labute approximate surface area is 256 Å². The van der Waals surface area contributed by atoms with Gasteiger partial charge < -0.3 is 46.1 Å². The number of phosphoric ester groups is 1. The van der Waals surface area contributed by atoms with Crippen LogP contribution in [0.4, 0.5) is 11.8 Å². The van der Waals surface area contributed by atoms with E-state index in [0.717, 1.165) is 0 Å². The molecular weight excluding hydrogens is 666 g/mol. The molecule has 2 aliphatic heterocycles. The summed E-state index contributed by atoms with van der Waals surface area (Å²) in [5, 5.41) is 32.2. The lowest BCUT2D eigenvalue weighted by atomic mass is 10.1. The van der Waals surface area contributed by atoms with E-state index in [1.54, 1.807) is 0 Å². The monoisotopic (exact) mass is 691 g/mol. The molecule has 2 unspecified atom stereocenters. The highest BCUT2D eigenvalue weighted by molar-refractivity contribution is 7.71. The molecule has 0 bridgehead atoms. The summed E-state index contributed by atoms with van der Waals surface area (Å²) < 4.78 is 53.4. The predicted octanol–water partition coefficient (Wildman–Crippen LogP) is -1.46. The van der Waals surface area contributed by atoms with Crippen molar-refractivity contribution in [1.29, 1.82) is 0 Å². The Bertz CT molecular complexity index is 1860. The molecule has 2 saturated heterocycles. The number of H-pyrrole nitrogens is 1. The van der Waals surface area contributed by atoms with Crippen molar-refractivity contribution < 1.29 is 57.3 Å². The average molecular weight is 691 g/mol. The number of aliphatic hydroxyl groups excluding tert-OH is 3. The Morgan fingerprint density at radius 2 is 1.69 bits per heavy atom. The fourth-order valence-electron chi connectivity index (χ4n) is 4.98. The van der Waals surface area contributed by atoms with Crippen molar-refractivity contribution in [2.24, 2.45) is 0 Å². The molecule has 4 aromatic heterocycles. The number of nitrogen functional groups attached to an aromatic ring is 2. The highest BCUT2D eigenvalue weighted by atomic mass is 32.1. The van der Waals surface area contributed by atoms with Gasteiger partial charge in [-0.3, -0.25) is 18.2 Å². The van der Waals surface area contributed by atoms with E-state index >= 15 is 0 Å². The van der Waals surface area contributed by atoms with E-state index in [1.807, 2.05) is 0 Å². The molecular formula is C20H25N10O12P2S+. The van der Waals surface area contributed by atoms with Crippen molar-refractivity contribution >= 4 is 62.4 Å². The minimum atomic E-state index is -5.10. The molecule has 22 nitrogen and oxygen atoms in total. The van der Waals surface area contributed by atoms with E-state index in [9.17, 15) is 29.3 Å². The van der Waals surface area contributed by atoms with Crippen LogP contribution in [-0.2, 0) is 32.2 Å². The molecule has 45 heavy (non-hydrogen) atoms. The first-order valence-electron chi connectivity index (χ1n) is 12.8. The first-order chi connectivity index (χ1) is 21.3. The molecule has 2 aliphatic rings. The maximum absolute atomic E-state index is 13.1. The van der Waals surface area contributed by atoms with Gasteiger partial charge in [-0.1, -0.05) is 12.2 Å². The van der Waals surface area contributed by atoms with E-state index < -0.39 is 78.4 Å². The Kier molecular flexibility index (Phi) is 8.64. The average Bonchev–Trinajstić information content (AvgIpc) is 3.73. The van der Waals surface area contributed by atoms with Crippen molar-refractivity contribution in [2.45, 2.75) is 49.1 Å². The van der Waals surface area contributed by atoms with Gasteiger partial charge in [0.05, 0.1) is 19.3 Å². The SMILES string of the molecule is Nc1nc(=S)c2ncn([C@@H]3O[C@H](CO[P+](=O)O)[C@@H](O)[C@H]3OP(=O)(O)OC[C@H]3O[C@@H](n4cnc5c(N)ncnc54)[C@H](O)[C@@H]3O)c2[nH]1. The molecule has 0 aromatic carbocycles. The third-order valence-corrected chi connectivity index (χ3v) is 8.70. The van der Waals surface area contributed by atoms with Crippen LogP contribution in [0, 0.1) is 4.64 Å². The van der Waals surface area contributed by atoms with E-state index in [0.29, 0.717) is 0 Å². The molecule has 25 heteroatoms. The summed E-state index contributed by atoms with van der Waals surface area (Å²) in [5.74, 6) is -0.0134. The Morgan fingerprint density at radius 1 is 1.00 bits per heavy atom. The Hall–Kier alpha value is -3.15. The summed E-state index contributed by atoms with van der Waals surface area (Å²) in [4.78, 5) is 42.5. The fourth-order valence-corrected chi connectivity index (χ4v) is 6.44. The molecule has 6 rings (SSSR count). The van der Waals surface area contributed by atoms with Crippen LogP contribution < -0.4 is 11.5 Å². The summed E-state index contributed by atoms with van der Waals surface area (Å²) in [7, 11) is -8.18. The van der Waals surface area contributed by atoms with Crippen molar-refractivity contribution in [2.75, 3.05) is 24.7 Å². The standard InChI is InChI=1S/C20H24N10O12P2S/c21-14-8-15(24-3-23-14)29(4-25-8)18-12(33)10(31)7(40-18)2-39-44(36,37)42-13-11(32)6(1-38-43(34)35)41-19(13)30-5-26-9-16(30)27-20(22)28-17(9)45/h3-7,10-13,18-19,31-33H,1-2H2,(H6-,21,22,23,24,27,28,34,35,36,37,45)/p+1/t6-,7-,10-,11-,12-,13-,18-,19-/m1/s1. The number of hydrogen-bond acceptors (Lipinski definition) is 18. The number of hydrogen-bond donors (Lipinski definition) is 8. The molecule has 4 aromatic rings. The molecule has 0 amide bonds. The van der Waals surface area contributed by atoms with Gasteiger partial charge >= 0.3 is 16.1 Å². The number of ether oxygens (including phenoxy) is 2. The topological polar surface area (TPSA) is 324 Å². The third kappa shape index (κ3) is 6.06. The smallest absolute Gasteiger partial charge is 0.387 e. The first-order valence-corrected chi connectivity index (χ1v) is 15.8. The van der Waals surface area contributed by atoms with Crippen LogP contribution in [0.1, 0.15) is 12.5 Å². The van der Waals surface area contributed by atoms with E-state index in [4.69, 9.17) is 47.1 Å². The van der Waals surface area contributed by atoms with Crippen LogP contribution in [-0.4, -0.2) is 114 Å². The van der Waals surface area contributed by atoms with Gasteiger partial charge in [0.25, 0.3) is 0 Å². The van der Waals surface area contributed by atoms with Gasteiger partial charge in [-0.2, -0.15) is 0 Å². The molecule has 0 spiro atoms. The summed E-state index contributed by atoms with van der Waals surface area (Å²) in [6, 6.07) is 0. The van der Waals surface area contributed by atoms with Crippen LogP contribution in [0.3, 0.4) is 0 Å². The Morgan fingerprint density at radius 3 is 2.44 bits per heavy atom. The lowest BCUT2D eigenvalue weighted by Crippen LogP contribution is -2.36. The highest BCUT2D eigenvalue weighted by Crippen LogP contribution is 2.50. The molecule has 0 saturated carbocycles. The maximum Gasteiger partial charge on any atom is 0.694 e. The number of anilines is 2. The third-order valence-electron chi connectivity index (χ3n) is 7.06. The van der Waals surface area contributed by atoms with Crippen molar-refractivity contribution in [3.63, 3.8) is 0 Å². The summed E-state index contributed by atoms with van der Waals surface area (Å²) in [6.45, 7) is -1.37. The number of nitrogens with two attached hydrogens (primary N) is 2. The van der Waals surface area contributed by atoms with Gasteiger partial charge in [0, 0.05) is 4.57 Å². The number of nitrogens with one attached hydrogen (secondary N) is 1. The molecule has 10 atom stereocenters. The lowest BCUT2D eigenvalue weighted by Gasteiger charge is -2.25. The number of imidazole rings is 2. The predicted molar refractivity (Wildman–Crippen MR) is 149 cm³/mol. The van der Waals surface area contributed by atoms with Crippen molar-refractivity contribution in [3.05, 3.63) is 23.6 Å². The molecule has 10 N–H and O–H groups in total. The minimum Gasteiger partial charge on any atom is -0.387 e. The first kappa shape index (κ1) is 31.8. The van der Waals surface area contributed by atoms with E-state index in [-0.39, 0.29) is 38.7 Å². The normalized spacial score (nSPS) is 30.3. The second-order valence-corrected chi connectivity index (χ2v) is 12.4. The van der Waals surface area contributed by atoms with Gasteiger partial charge in [0.1, 0.15) is 66.2 Å². The number of phosphoric acid groups is 1. The Balaban J connectivity index is 1.20. The molecule has 2 fully saturated rings. The zero-order valence-corrected chi connectivity index (χ0v) is 25.1. The van der Waals surface area contributed by atoms with Crippen molar-refractivity contribution in [1.82, 2.24) is 39.0 Å². The van der Waals surface area contributed by atoms with Crippen molar-refractivity contribution in [3.8, 4) is 0 Å². The van der Waals surface area contributed by atoms with Crippen LogP contribution >= 0.6 is 28.3 Å². The van der Waals surface area contributed by atoms with Crippen LogP contribution in [0.15, 0.2) is 19.0 Å². The number of aromatic amines is 1. The second kappa shape index (κ2) is 12.2. The molecule has 0 radical (unpaired) electrons. The lowest BCUT2D eigenvalue weighted by molar-refractivity contribution is -0.0609. The summed E-state index contributed by atoms with van der Waals surface area (Å²) in [6.07, 6.45) is -8.18. The maximum atomic E-state index is 13.1. The zero-order chi connectivity index (χ0) is 32.2. The highest BCUT2D eigenvalue weighted by Gasteiger charge is 2.51. The van der Waals surface area contributed by atoms with Gasteiger partial charge in [-0.25, -0.2) is 29.5 Å². The number of aliphatic hydroxyl groups is 3. The molecule has 0 aliphatic carbocycles. The van der Waals surface area contributed by atoms with Crippen LogP contribution in [0.2, 0.25) is 0 Å². The summed E-state index contributed by atoms with van der Waals surface area (Å²) >= 11 is 5.17. The summed E-state index contributed by atoms with van der Waals surface area (Å²) in [5.41, 5.74) is 12.3. The largest absolute Gasteiger partial charge is 0.694 e. The zero-order valence-electron chi connectivity index (χ0n) is 22.4. The van der Waals surface area contributed by atoms with Gasteiger partial charge in [0.2, 0.25) is 0 Å². The van der Waals surface area contributed by atoms with E-state index in [2.05, 4.69) is 34.4 Å². The quantitative estimate of drug-likeness (QED) is 0.0695.